The summed E-state index contributed by atoms with van der Waals surface area (Å²) >= 11 is 0. The summed E-state index contributed by atoms with van der Waals surface area (Å²) in [7, 11) is 1.83. The lowest BCUT2D eigenvalue weighted by atomic mass is 10.1. The summed E-state index contributed by atoms with van der Waals surface area (Å²) in [5.41, 5.74) is 2.74. The molecule has 3 rings (SSSR count). The van der Waals surface area contributed by atoms with Gasteiger partial charge in [-0.25, -0.2) is 13.2 Å². The van der Waals surface area contributed by atoms with Gasteiger partial charge in [0.05, 0.1) is 11.7 Å². The highest BCUT2D eigenvalue weighted by atomic mass is 19.2. The van der Waals surface area contributed by atoms with Crippen LogP contribution in [0, 0.1) is 17.5 Å². The van der Waals surface area contributed by atoms with Crippen LogP contribution in [0.2, 0.25) is 0 Å². The fourth-order valence-electron chi connectivity index (χ4n) is 2.99. The molecule has 0 saturated carbocycles. The van der Waals surface area contributed by atoms with E-state index in [2.05, 4.69) is 15.5 Å². The molecule has 0 radical (unpaired) electrons. The van der Waals surface area contributed by atoms with Crippen molar-refractivity contribution in [3.63, 3.8) is 0 Å². The van der Waals surface area contributed by atoms with E-state index in [0.29, 0.717) is 6.54 Å². The lowest BCUT2D eigenvalue weighted by Gasteiger charge is -2.23. The number of likely N-dealkylation sites (N-methyl/N-ethyl adjacent to an activating group) is 1. The van der Waals surface area contributed by atoms with Crippen LogP contribution in [0.5, 0.6) is 0 Å². The molecule has 1 atom stereocenters. The van der Waals surface area contributed by atoms with Crippen LogP contribution in [0.3, 0.4) is 0 Å². The van der Waals surface area contributed by atoms with Crippen molar-refractivity contribution < 1.29 is 18.0 Å². The van der Waals surface area contributed by atoms with Gasteiger partial charge in [-0.05, 0) is 75.8 Å². The number of amides is 1. The number of carbonyl (C=O) groups is 1. The largest absolute Gasteiger partial charge is 0.325 e. The average Bonchev–Trinajstić information content (AvgIpc) is 3.19. The second-order valence-electron chi connectivity index (χ2n) is 7.16. The van der Waals surface area contributed by atoms with E-state index in [1.54, 1.807) is 19.1 Å². The molecule has 0 aliphatic carbocycles. The van der Waals surface area contributed by atoms with Gasteiger partial charge >= 0.3 is 0 Å². The molecule has 2 aromatic carbocycles. The fraction of sp³-hybridized carbons (Fsp3) is 0.273. The van der Waals surface area contributed by atoms with E-state index >= 15 is 0 Å². The third kappa shape index (κ3) is 5.48. The molecule has 1 unspecified atom stereocenters. The number of aromatic amines is 1. The molecule has 1 amide bonds. The smallest absolute Gasteiger partial charge is 0.241 e. The maximum Gasteiger partial charge on any atom is 0.241 e. The van der Waals surface area contributed by atoms with E-state index in [9.17, 15) is 18.0 Å². The average molecular weight is 416 g/mol. The van der Waals surface area contributed by atoms with Crippen LogP contribution in [0.1, 0.15) is 19.0 Å². The van der Waals surface area contributed by atoms with Crippen molar-refractivity contribution in [2.75, 3.05) is 18.9 Å². The normalized spacial score (nSPS) is 12.2. The molecule has 2 N–H and O–H groups in total. The van der Waals surface area contributed by atoms with Crippen molar-refractivity contribution in [1.29, 1.82) is 0 Å². The Morgan fingerprint density at radius 1 is 1.10 bits per heavy atom. The second-order valence-corrected chi connectivity index (χ2v) is 7.16. The van der Waals surface area contributed by atoms with Gasteiger partial charge in [0.15, 0.2) is 11.6 Å². The Hall–Kier alpha value is -3.13. The minimum absolute atomic E-state index is 0.213. The number of hydrogen-bond donors (Lipinski definition) is 2. The number of aromatic nitrogens is 2. The van der Waals surface area contributed by atoms with E-state index in [1.165, 1.54) is 18.2 Å². The fourth-order valence-corrected chi connectivity index (χ4v) is 2.99. The molecule has 30 heavy (non-hydrogen) atoms. The maximum atomic E-state index is 13.3. The Balaban J connectivity index is 1.47. The Morgan fingerprint density at radius 2 is 1.83 bits per heavy atom. The van der Waals surface area contributed by atoms with Gasteiger partial charge in [-0.2, -0.15) is 5.10 Å². The molecule has 8 heteroatoms. The van der Waals surface area contributed by atoms with Crippen molar-refractivity contribution in [1.82, 2.24) is 15.1 Å². The molecular weight excluding hydrogens is 393 g/mol. The molecule has 158 valence electrons. The first-order chi connectivity index (χ1) is 14.3. The van der Waals surface area contributed by atoms with Gasteiger partial charge in [0.1, 0.15) is 5.82 Å². The van der Waals surface area contributed by atoms with Crippen LogP contribution in [-0.2, 0) is 11.2 Å². The predicted molar refractivity (Wildman–Crippen MR) is 109 cm³/mol. The van der Waals surface area contributed by atoms with Gasteiger partial charge in [0, 0.05) is 23.0 Å². The minimum Gasteiger partial charge on any atom is -0.325 e. The summed E-state index contributed by atoms with van der Waals surface area (Å²) in [5.74, 6) is -2.56. The van der Waals surface area contributed by atoms with Gasteiger partial charge < -0.3 is 5.32 Å². The number of anilines is 1. The second kappa shape index (κ2) is 9.58. The van der Waals surface area contributed by atoms with Gasteiger partial charge in [0.2, 0.25) is 5.91 Å². The lowest BCUT2D eigenvalue weighted by molar-refractivity contribution is -0.120. The first kappa shape index (κ1) is 21.6. The van der Waals surface area contributed by atoms with Crippen molar-refractivity contribution in [2.24, 2.45) is 0 Å². The number of benzene rings is 2. The summed E-state index contributed by atoms with van der Waals surface area (Å²) in [4.78, 5) is 14.2. The number of halogens is 3. The van der Waals surface area contributed by atoms with E-state index < -0.39 is 17.7 Å². The number of aryl methyl sites for hydroxylation is 1. The van der Waals surface area contributed by atoms with E-state index in [0.717, 1.165) is 41.9 Å². The predicted octanol–water partition coefficient (Wildman–Crippen LogP) is 4.39. The van der Waals surface area contributed by atoms with E-state index in [-0.39, 0.29) is 17.4 Å². The van der Waals surface area contributed by atoms with Crippen molar-refractivity contribution in [3.05, 3.63) is 71.7 Å². The number of rotatable bonds is 8. The molecule has 0 aliphatic rings. The zero-order valence-corrected chi connectivity index (χ0v) is 16.8. The molecular formula is C22H23F3N4O. The molecule has 0 fully saturated rings. The SMILES string of the molecule is CC(C(=O)Nc1ccc(F)c(F)c1)N(C)CCCc1cc(-c2ccc(F)cc2)n[nH]1. The molecule has 3 aromatic rings. The minimum atomic E-state index is -1.01. The summed E-state index contributed by atoms with van der Waals surface area (Å²) in [6.45, 7) is 2.40. The number of nitrogens with one attached hydrogen (secondary N) is 2. The number of carbonyl (C=O) groups excluding carboxylic acids is 1. The topological polar surface area (TPSA) is 61.0 Å². The van der Waals surface area contributed by atoms with Gasteiger partial charge in [-0.15, -0.1) is 0 Å². The summed E-state index contributed by atoms with van der Waals surface area (Å²) < 4.78 is 39.3. The number of hydrogen-bond acceptors (Lipinski definition) is 3. The van der Waals surface area contributed by atoms with Crippen LogP contribution in [0.15, 0.2) is 48.5 Å². The van der Waals surface area contributed by atoms with Crippen LogP contribution < -0.4 is 5.32 Å². The van der Waals surface area contributed by atoms with Crippen molar-refractivity contribution >= 4 is 11.6 Å². The Labute approximate surface area is 172 Å². The first-order valence-electron chi connectivity index (χ1n) is 9.60. The summed E-state index contributed by atoms with van der Waals surface area (Å²) in [5, 5.41) is 9.83. The first-order valence-corrected chi connectivity index (χ1v) is 9.60. The standard InChI is InChI=1S/C22H23F3N4O/c1-14(22(30)26-17-9-10-19(24)20(25)12-17)29(2)11-3-4-18-13-21(28-27-18)15-5-7-16(23)8-6-15/h5-10,12-14H,3-4,11H2,1-2H3,(H,26,30)(H,27,28). The molecule has 1 aromatic heterocycles. The molecule has 0 spiro atoms. The van der Waals surface area contributed by atoms with Gasteiger partial charge in [0.25, 0.3) is 0 Å². The maximum absolute atomic E-state index is 13.3. The Bertz CT molecular complexity index is 1000. The van der Waals surface area contributed by atoms with Crippen molar-refractivity contribution in [2.45, 2.75) is 25.8 Å². The van der Waals surface area contributed by atoms with E-state index in [4.69, 9.17) is 0 Å². The summed E-state index contributed by atoms with van der Waals surface area (Å²) in [6, 6.07) is 10.9. The van der Waals surface area contributed by atoms with Crippen LogP contribution in [-0.4, -0.2) is 40.6 Å². The molecule has 0 bridgehead atoms. The molecule has 5 nitrogen and oxygen atoms in total. The Morgan fingerprint density at radius 3 is 2.53 bits per heavy atom. The quantitative estimate of drug-likeness (QED) is 0.573. The summed E-state index contributed by atoms with van der Waals surface area (Å²) in [6.07, 6.45) is 1.51. The third-order valence-electron chi connectivity index (χ3n) is 4.96. The van der Waals surface area contributed by atoms with Crippen molar-refractivity contribution in [3.8, 4) is 11.3 Å². The monoisotopic (exact) mass is 416 g/mol. The third-order valence-corrected chi connectivity index (χ3v) is 4.96. The zero-order chi connectivity index (χ0) is 21.7. The van der Waals surface area contributed by atoms with E-state index in [1.807, 2.05) is 18.0 Å². The lowest BCUT2D eigenvalue weighted by Crippen LogP contribution is -2.40. The Kier molecular flexibility index (Phi) is 6.89. The van der Waals surface area contributed by atoms with Gasteiger partial charge in [-0.1, -0.05) is 0 Å². The highest BCUT2D eigenvalue weighted by Crippen LogP contribution is 2.19. The number of H-pyrrole nitrogens is 1. The highest BCUT2D eigenvalue weighted by Gasteiger charge is 2.18. The van der Waals surface area contributed by atoms with Gasteiger partial charge in [-0.3, -0.25) is 14.8 Å². The molecule has 0 saturated heterocycles. The molecule has 1 heterocycles. The zero-order valence-electron chi connectivity index (χ0n) is 16.8. The van der Waals surface area contributed by atoms with Crippen LogP contribution in [0.25, 0.3) is 11.3 Å². The van der Waals surface area contributed by atoms with Crippen LogP contribution in [0.4, 0.5) is 18.9 Å². The molecule has 0 aliphatic heterocycles. The highest BCUT2D eigenvalue weighted by molar-refractivity contribution is 5.94. The number of nitrogens with zero attached hydrogens (tertiary/aromatic N) is 2. The van der Waals surface area contributed by atoms with Crippen LogP contribution >= 0.6 is 0 Å².